The molecule has 0 atom stereocenters. The number of hydrogen-bond acceptors (Lipinski definition) is 1. The minimum atomic E-state index is -0.281. The Morgan fingerprint density at radius 1 is 1.38 bits per heavy atom. The van der Waals surface area contributed by atoms with Crippen molar-refractivity contribution in [3.8, 4) is 0 Å². The van der Waals surface area contributed by atoms with Crippen molar-refractivity contribution in [2.45, 2.75) is 0 Å². The first-order valence-electron chi connectivity index (χ1n) is 3.43. The summed E-state index contributed by atoms with van der Waals surface area (Å²) in [4.78, 5) is 3.58. The van der Waals surface area contributed by atoms with Crippen LogP contribution in [0.3, 0.4) is 0 Å². The smallest absolute Gasteiger partial charge is 0.212 e. The molecule has 68 valence electrons. The molecule has 0 bridgehead atoms. The molecule has 3 nitrogen and oxygen atoms in total. The largest absolute Gasteiger partial charge is 0.368 e. The van der Waals surface area contributed by atoms with Gasteiger partial charge in [0.1, 0.15) is 0 Å². The summed E-state index contributed by atoms with van der Waals surface area (Å²) in [5, 5.41) is 7.85. The molecule has 1 aromatic carbocycles. The summed E-state index contributed by atoms with van der Waals surface area (Å²) >= 11 is 11.7. The molecule has 0 saturated carbocycles. The predicted molar refractivity (Wildman–Crippen MR) is 56.0 cm³/mol. The molecule has 0 radical (unpaired) electrons. The number of benzene rings is 1. The van der Waals surface area contributed by atoms with Gasteiger partial charge >= 0.3 is 0 Å². The summed E-state index contributed by atoms with van der Waals surface area (Å²) in [5.41, 5.74) is 5.61. The number of nitrogens with one attached hydrogen (secondary N) is 1. The molecule has 13 heavy (non-hydrogen) atoms. The highest BCUT2D eigenvalue weighted by molar-refractivity contribution is 6.38. The molecule has 0 aliphatic carbocycles. The normalized spacial score (nSPS) is 10.6. The number of nitrogens with zero attached hydrogens (tertiary/aromatic N) is 1. The molecule has 0 unspecified atom stereocenters. The molecule has 0 fully saturated rings. The van der Waals surface area contributed by atoms with Crippen molar-refractivity contribution in [1.29, 1.82) is 5.41 Å². The molecule has 0 saturated heterocycles. The Kier molecular flexibility index (Phi) is 3.28. The molecule has 0 heterocycles. The summed E-state index contributed by atoms with van der Waals surface area (Å²) in [6, 6.07) is 5.11. The van der Waals surface area contributed by atoms with Gasteiger partial charge in [0.2, 0.25) is 5.96 Å². The van der Waals surface area contributed by atoms with Crippen molar-refractivity contribution in [2.24, 2.45) is 10.7 Å². The number of guanidine groups is 1. The molecule has 0 aliphatic rings. The zero-order chi connectivity index (χ0) is 9.84. The number of rotatable bonds is 1. The third-order valence-corrected chi connectivity index (χ3v) is 1.99. The summed E-state index contributed by atoms with van der Waals surface area (Å²) in [6.07, 6.45) is 1.37. The van der Waals surface area contributed by atoms with Gasteiger partial charge in [0.05, 0.1) is 10.0 Å². The third-order valence-electron chi connectivity index (χ3n) is 1.33. The van der Waals surface area contributed by atoms with Gasteiger partial charge in [0.25, 0.3) is 0 Å². The lowest BCUT2D eigenvalue weighted by Gasteiger charge is -1.99. The molecule has 0 amide bonds. The zero-order valence-electron chi connectivity index (χ0n) is 6.59. The quantitative estimate of drug-likeness (QED) is 0.549. The Labute approximate surface area is 85.7 Å². The van der Waals surface area contributed by atoms with Crippen molar-refractivity contribution in [2.75, 3.05) is 0 Å². The van der Waals surface area contributed by atoms with Gasteiger partial charge in [0, 0.05) is 11.8 Å². The van der Waals surface area contributed by atoms with Gasteiger partial charge in [-0.1, -0.05) is 29.3 Å². The van der Waals surface area contributed by atoms with Crippen molar-refractivity contribution < 1.29 is 0 Å². The summed E-state index contributed by atoms with van der Waals surface area (Å²) < 4.78 is 0. The second-order valence-electron chi connectivity index (χ2n) is 2.28. The number of halogens is 2. The Morgan fingerprint density at radius 2 is 1.92 bits per heavy atom. The van der Waals surface area contributed by atoms with E-state index in [1.165, 1.54) is 6.21 Å². The van der Waals surface area contributed by atoms with Crippen molar-refractivity contribution in [3.05, 3.63) is 33.8 Å². The molecule has 0 spiro atoms. The average molecular weight is 216 g/mol. The fourth-order valence-corrected chi connectivity index (χ4v) is 1.26. The van der Waals surface area contributed by atoms with Gasteiger partial charge in [0.15, 0.2) is 0 Å². The summed E-state index contributed by atoms with van der Waals surface area (Å²) in [5.74, 6) is -0.281. The highest BCUT2D eigenvalue weighted by atomic mass is 35.5. The minimum absolute atomic E-state index is 0.281. The molecule has 1 rings (SSSR count). The first-order chi connectivity index (χ1) is 6.11. The van der Waals surface area contributed by atoms with E-state index in [4.69, 9.17) is 34.3 Å². The van der Waals surface area contributed by atoms with Crippen LogP contribution in [0.1, 0.15) is 5.56 Å². The predicted octanol–water partition coefficient (Wildman–Crippen LogP) is 2.31. The van der Waals surface area contributed by atoms with Crippen LogP contribution in [0.5, 0.6) is 0 Å². The highest BCUT2D eigenvalue weighted by Gasteiger charge is 2.01. The number of aliphatic imine (C=N–C) groups is 1. The molecular formula is C8H7Cl2N3. The van der Waals surface area contributed by atoms with E-state index < -0.39 is 0 Å². The lowest BCUT2D eigenvalue weighted by Crippen LogP contribution is -2.05. The van der Waals surface area contributed by atoms with Gasteiger partial charge < -0.3 is 5.73 Å². The van der Waals surface area contributed by atoms with E-state index in [1.54, 1.807) is 18.2 Å². The van der Waals surface area contributed by atoms with Crippen LogP contribution >= 0.6 is 23.2 Å². The van der Waals surface area contributed by atoms with Crippen LogP contribution in [0.25, 0.3) is 0 Å². The van der Waals surface area contributed by atoms with E-state index in [9.17, 15) is 0 Å². The third kappa shape index (κ3) is 2.72. The van der Waals surface area contributed by atoms with Crippen LogP contribution in [-0.4, -0.2) is 12.2 Å². The lowest BCUT2D eigenvalue weighted by molar-refractivity contribution is 1.38. The van der Waals surface area contributed by atoms with E-state index in [0.717, 1.165) is 0 Å². The van der Waals surface area contributed by atoms with Crippen molar-refractivity contribution in [1.82, 2.24) is 0 Å². The first kappa shape index (κ1) is 10.0. The maximum atomic E-state index is 6.88. The Bertz CT molecular complexity index is 340. The lowest BCUT2D eigenvalue weighted by atomic mass is 10.2. The Balaban J connectivity index is 3.06. The van der Waals surface area contributed by atoms with Gasteiger partial charge in [-0.15, -0.1) is 0 Å². The zero-order valence-corrected chi connectivity index (χ0v) is 8.10. The van der Waals surface area contributed by atoms with Gasteiger partial charge in [-0.3, -0.25) is 5.41 Å². The van der Waals surface area contributed by atoms with E-state index >= 15 is 0 Å². The fourth-order valence-electron chi connectivity index (χ4n) is 0.768. The van der Waals surface area contributed by atoms with Crippen LogP contribution in [0.4, 0.5) is 0 Å². The summed E-state index contributed by atoms with van der Waals surface area (Å²) in [7, 11) is 0. The Hall–Kier alpha value is -1.06. The fraction of sp³-hybridized carbons (Fsp3) is 0. The second-order valence-corrected chi connectivity index (χ2v) is 3.09. The topological polar surface area (TPSA) is 62.2 Å². The second kappa shape index (κ2) is 4.25. The van der Waals surface area contributed by atoms with Gasteiger partial charge in [-0.25, -0.2) is 4.99 Å². The van der Waals surface area contributed by atoms with Gasteiger partial charge in [-0.2, -0.15) is 0 Å². The average Bonchev–Trinajstić information content (AvgIpc) is 2.03. The molecule has 5 heteroatoms. The minimum Gasteiger partial charge on any atom is -0.368 e. The van der Waals surface area contributed by atoms with Crippen LogP contribution in [0, 0.1) is 5.41 Å². The van der Waals surface area contributed by atoms with Crippen LogP contribution in [0.15, 0.2) is 23.2 Å². The molecular weight excluding hydrogens is 209 g/mol. The van der Waals surface area contributed by atoms with Crippen LogP contribution in [-0.2, 0) is 0 Å². The Morgan fingerprint density at radius 3 is 2.38 bits per heavy atom. The molecule has 3 N–H and O–H groups in total. The van der Waals surface area contributed by atoms with E-state index in [2.05, 4.69) is 4.99 Å². The van der Waals surface area contributed by atoms with Crippen molar-refractivity contribution >= 4 is 35.4 Å². The number of nitrogens with two attached hydrogens (primary N) is 1. The first-order valence-corrected chi connectivity index (χ1v) is 4.19. The maximum absolute atomic E-state index is 6.88. The highest BCUT2D eigenvalue weighted by Crippen LogP contribution is 2.21. The van der Waals surface area contributed by atoms with E-state index in [0.29, 0.717) is 15.6 Å². The SMILES string of the molecule is N=C(N)/N=C/c1c(Cl)cccc1Cl. The van der Waals surface area contributed by atoms with Gasteiger partial charge in [-0.05, 0) is 12.1 Å². The molecule has 1 aromatic rings. The van der Waals surface area contributed by atoms with E-state index in [-0.39, 0.29) is 5.96 Å². The van der Waals surface area contributed by atoms with Crippen molar-refractivity contribution in [3.63, 3.8) is 0 Å². The molecule has 0 aliphatic heterocycles. The number of hydrogen-bond donors (Lipinski definition) is 2. The van der Waals surface area contributed by atoms with E-state index in [1.807, 2.05) is 0 Å². The molecule has 0 aromatic heterocycles. The monoisotopic (exact) mass is 215 g/mol. The standard InChI is InChI=1S/C8H7Cl2N3/c9-6-2-1-3-7(10)5(6)4-13-8(11)12/h1-4H,(H3,11,12)/b13-4+. The summed E-state index contributed by atoms with van der Waals surface area (Å²) in [6.45, 7) is 0. The van der Waals surface area contributed by atoms with Crippen LogP contribution in [0.2, 0.25) is 10.0 Å². The maximum Gasteiger partial charge on any atom is 0.212 e. The van der Waals surface area contributed by atoms with Crippen LogP contribution < -0.4 is 5.73 Å².